The number of quaternary nitrogens is 1. The van der Waals surface area contributed by atoms with E-state index < -0.39 is 130 Å². The first kappa shape index (κ1) is 81.9. The summed E-state index contributed by atoms with van der Waals surface area (Å²) >= 11 is 0. The molecule has 0 N–H and O–H groups in total. The summed E-state index contributed by atoms with van der Waals surface area (Å²) in [7, 11) is -3.28. The number of hydrogen-bond acceptors (Lipinski definition) is 3. The van der Waals surface area contributed by atoms with Crippen LogP contribution in [0.3, 0.4) is 0 Å². The highest BCUT2D eigenvalue weighted by Gasteiger charge is 2.49. The van der Waals surface area contributed by atoms with Crippen LogP contribution in [0.15, 0.2) is 66.7 Å². The summed E-state index contributed by atoms with van der Waals surface area (Å²) in [5.74, 6) is -4.51. The maximum Gasteiger partial charge on any atom is 0.864 e. The molecule has 0 saturated carbocycles. The van der Waals surface area contributed by atoms with Crippen LogP contribution in [0.5, 0.6) is 17.2 Å². The van der Waals surface area contributed by atoms with E-state index in [2.05, 4.69) is 6.92 Å². The normalized spacial score (nSPS) is 13.4. The van der Waals surface area contributed by atoms with Gasteiger partial charge >= 0.3 is 56.7 Å². The van der Waals surface area contributed by atoms with Crippen LogP contribution >= 0.6 is 0 Å². The van der Waals surface area contributed by atoms with E-state index in [1.54, 1.807) is 6.07 Å². The van der Waals surface area contributed by atoms with Gasteiger partial charge in [0.25, 0.3) is 0 Å². The lowest BCUT2D eigenvalue weighted by atomic mass is 9.88. The molecular weight excluding hydrogens is 1300 g/mol. The average molecular weight is 1380 g/mol. The van der Waals surface area contributed by atoms with Gasteiger partial charge in [-0.3, -0.25) is 0 Å². The Hall–Kier alpha value is -5.38. The lowest BCUT2D eigenvalue weighted by Crippen LogP contribution is -2.53. The number of benzene rings is 4. The maximum atomic E-state index is 15.8. The van der Waals surface area contributed by atoms with Gasteiger partial charge in [0.2, 0.25) is 0 Å². The Labute approximate surface area is 526 Å². The van der Waals surface area contributed by atoms with Crippen molar-refractivity contribution >= 4 is 7.32 Å². The summed E-state index contributed by atoms with van der Waals surface area (Å²) in [6, 6.07) is 0.0651. The first-order valence-corrected chi connectivity index (χ1v) is 30.9. The number of nitrogens with zero attached hydrogens (tertiary/aromatic N) is 1. The van der Waals surface area contributed by atoms with E-state index in [-0.39, 0.29) is 91.6 Å². The molecule has 0 saturated heterocycles. The predicted molar refractivity (Wildman–Crippen MR) is 303 cm³/mol. The molecule has 0 aliphatic rings. The fourth-order valence-corrected chi connectivity index (χ4v) is 10.6. The molecule has 0 aliphatic carbocycles. The first-order valence-electron chi connectivity index (χ1n) is 30.9. The Morgan fingerprint density at radius 1 is 0.323 bits per heavy atom. The molecule has 1 atom stereocenters. The molecule has 93 heavy (non-hydrogen) atoms. The van der Waals surface area contributed by atoms with Crippen LogP contribution in [-0.4, -0.2) is 31.4 Å². The largest absolute Gasteiger partial charge is 0.864 e. The topological polar surface area (TPSA) is 27.7 Å². The van der Waals surface area contributed by atoms with Crippen LogP contribution in [0, 0.1) is 6.07 Å². The minimum Gasteiger partial charge on any atom is -0.490 e. The van der Waals surface area contributed by atoms with Crippen molar-refractivity contribution in [2.45, 2.75) is 237 Å². The predicted octanol–water partition coefficient (Wildman–Crippen LogP) is 25.1. The van der Waals surface area contributed by atoms with E-state index in [0.29, 0.717) is 63.5 Å². The van der Waals surface area contributed by atoms with Crippen LogP contribution in [0.1, 0.15) is 238 Å². The summed E-state index contributed by atoms with van der Waals surface area (Å²) in [5.41, 5.74) is -15.9. The Morgan fingerprint density at radius 3 is 0.892 bits per heavy atom. The molecule has 29 heteroatoms. The molecule has 0 radical (unpaired) electrons. The third-order valence-corrected chi connectivity index (χ3v) is 15.5. The molecule has 0 bridgehead atoms. The van der Waals surface area contributed by atoms with Gasteiger partial charge in [-0.2, -0.15) is 124 Å². The van der Waals surface area contributed by atoms with Crippen molar-refractivity contribution in [2.75, 3.05) is 19.6 Å². The summed E-state index contributed by atoms with van der Waals surface area (Å²) < 4.78 is 349. The molecule has 0 amide bonds. The molecule has 0 heterocycles. The van der Waals surface area contributed by atoms with Crippen molar-refractivity contribution < 1.29 is 124 Å². The van der Waals surface area contributed by atoms with Gasteiger partial charge in [0, 0.05) is 6.42 Å². The monoisotopic (exact) mass is 1380 g/mol. The van der Waals surface area contributed by atoms with Crippen LogP contribution in [0.2, 0.25) is 0 Å². The molecule has 1 unspecified atom stereocenters. The highest BCUT2D eigenvalue weighted by Crippen LogP contribution is 2.50. The lowest BCUT2D eigenvalue weighted by Gasteiger charge is -2.47. The van der Waals surface area contributed by atoms with Crippen molar-refractivity contribution in [1.29, 1.82) is 0 Å². The molecular formula is C64H78BF24NO3. The Bertz CT molecular complexity index is 2630. The Balaban J connectivity index is 0.00000142. The molecule has 0 aliphatic heterocycles. The van der Waals surface area contributed by atoms with Gasteiger partial charge in [-0.25, -0.2) is 0 Å². The third kappa shape index (κ3) is 28.1. The molecule has 4 aromatic rings. The van der Waals surface area contributed by atoms with Crippen molar-refractivity contribution in [3.8, 4) is 17.2 Å². The van der Waals surface area contributed by atoms with E-state index in [1.165, 1.54) is 44.9 Å². The molecule has 4 nitrogen and oxygen atoms in total. The molecule has 0 spiro atoms. The second kappa shape index (κ2) is 36.1. The van der Waals surface area contributed by atoms with Gasteiger partial charge in [0.1, 0.15) is 23.3 Å². The number of alkyl halides is 24. The van der Waals surface area contributed by atoms with Crippen molar-refractivity contribution in [3.05, 3.63) is 123 Å². The highest BCUT2D eigenvalue weighted by molar-refractivity contribution is 6.39. The zero-order valence-corrected chi connectivity index (χ0v) is 51.8. The van der Waals surface area contributed by atoms with Gasteiger partial charge < -0.3 is 18.4 Å². The molecule has 0 fully saturated rings. The Morgan fingerprint density at radius 2 is 0.602 bits per heavy atom. The quantitative estimate of drug-likeness (QED) is 0.0151. The van der Waals surface area contributed by atoms with Crippen LogP contribution in [-0.2, 0) is 49.4 Å². The van der Waals surface area contributed by atoms with E-state index in [9.17, 15) is 92.2 Å². The number of halogens is 24. The minimum absolute atomic E-state index is 0.0521. The summed E-state index contributed by atoms with van der Waals surface area (Å²) in [6.45, 7) is 8.11. The molecule has 4 rings (SSSR count). The van der Waals surface area contributed by atoms with Gasteiger partial charge in [-0.1, -0.05) is 161 Å². The highest BCUT2D eigenvalue weighted by atomic mass is 19.4. The smallest absolute Gasteiger partial charge is 0.490 e. The summed E-state index contributed by atoms with van der Waals surface area (Å²) in [6.07, 6.45) is -23.8. The van der Waals surface area contributed by atoms with E-state index >= 15 is 13.2 Å². The fraction of sp³-hybridized carbons (Fsp3) is 0.625. The standard InChI is InChI=1S/C56H75BF18NO3.C8H3F6/c1-5-9-13-14-15-16-17-18-19-20-21-22-23-24-25-26-27-28-48(76(29-10-6-2,30-11-7-3)31-12-8-4)50-47(56(73,74)75)38-44(55(70,71)72)39-49(50)79-57(77-45-34-40(51(58,59)60)32-41(35-45)52(61,62)63)78-46-36-42(53(64,65)66)33-43(37-46)54(67,68)69;9-7(10,11)5-2-1-3-6(4-5)8(12,13)14/h32-39,48H,5-31H2,1-4H3;2-4H/q+1;-1. The average Bonchev–Trinajstić information content (AvgIpc) is 0.752. The maximum absolute atomic E-state index is 15.8. The van der Waals surface area contributed by atoms with Gasteiger partial charge in [0.15, 0.2) is 0 Å². The lowest BCUT2D eigenvalue weighted by molar-refractivity contribution is -0.958. The summed E-state index contributed by atoms with van der Waals surface area (Å²) in [5, 5.41) is 0. The second-order valence-electron chi connectivity index (χ2n) is 23.0. The van der Waals surface area contributed by atoms with E-state index in [1.807, 2.05) is 20.8 Å². The van der Waals surface area contributed by atoms with E-state index in [0.717, 1.165) is 44.9 Å². The van der Waals surface area contributed by atoms with Crippen molar-refractivity contribution in [1.82, 2.24) is 0 Å². The number of hydrogen-bond donors (Lipinski definition) is 0. The van der Waals surface area contributed by atoms with Gasteiger partial charge in [-0.05, 0) is 74.2 Å². The van der Waals surface area contributed by atoms with E-state index in [4.69, 9.17) is 14.0 Å². The first-order chi connectivity index (χ1) is 43.0. The van der Waals surface area contributed by atoms with Gasteiger partial charge in [-0.15, -0.1) is 6.07 Å². The van der Waals surface area contributed by atoms with Crippen LogP contribution < -0.4 is 14.0 Å². The Kier molecular flexibility index (Phi) is 31.8. The van der Waals surface area contributed by atoms with Crippen LogP contribution in [0.25, 0.3) is 0 Å². The SMILES string of the molecule is CCCCCCCCCCCCCCCCCCCC(c1c(OB(Oc2cc(C(F)(F)F)cc(C(F)(F)F)c2)Oc2cc(C(F)(F)F)cc(C(F)(F)F)c2)cc(C(F)(F)F)cc1C(F)(F)F)[N+](CCCC)(CCCC)CCCC.FC(F)(F)c1c[c-]cc(C(F)(F)F)c1. The number of rotatable bonds is 35. The molecule has 4 aromatic carbocycles. The minimum atomic E-state index is -5.65. The van der Waals surface area contributed by atoms with Gasteiger partial charge in [0.05, 0.1) is 58.6 Å². The number of unbranched alkanes of at least 4 members (excludes halogenated alkanes) is 19. The van der Waals surface area contributed by atoms with Crippen LogP contribution in [0.4, 0.5) is 105 Å². The molecule has 528 valence electrons. The fourth-order valence-electron chi connectivity index (χ4n) is 10.6. The zero-order chi connectivity index (χ0) is 70.3. The summed E-state index contributed by atoms with van der Waals surface area (Å²) in [4.78, 5) is 0. The van der Waals surface area contributed by atoms with Crippen molar-refractivity contribution in [2.24, 2.45) is 0 Å². The molecule has 0 aromatic heterocycles. The second-order valence-corrected chi connectivity index (χ2v) is 23.0. The third-order valence-electron chi connectivity index (χ3n) is 15.5. The van der Waals surface area contributed by atoms with Crippen molar-refractivity contribution in [3.63, 3.8) is 0 Å². The zero-order valence-electron chi connectivity index (χ0n) is 51.8.